The second kappa shape index (κ2) is 5.07. The number of nitrogens with zero attached hydrogens (tertiary/aromatic N) is 4. The molecule has 6 rings (SSSR count). The summed E-state index contributed by atoms with van der Waals surface area (Å²) < 4.78 is 8.02. The topological polar surface area (TPSA) is 56.7 Å². The molecule has 4 saturated carbocycles. The van der Waals surface area contributed by atoms with Crippen LogP contribution < -0.4 is 0 Å². The molecule has 0 amide bonds. The number of aryl methyl sites for hydroxylation is 1. The molecular formula is C18H23ClN4O. The van der Waals surface area contributed by atoms with Gasteiger partial charge in [-0.15, -0.1) is 10.2 Å². The Hall–Kier alpha value is -1.36. The van der Waals surface area contributed by atoms with Gasteiger partial charge in [-0.3, -0.25) is 4.68 Å². The van der Waals surface area contributed by atoms with Gasteiger partial charge in [0.15, 0.2) is 0 Å². The molecule has 6 heteroatoms. The molecule has 2 aromatic rings. The Labute approximate surface area is 146 Å². The average molecular weight is 347 g/mol. The molecule has 2 heterocycles. The molecule has 4 aliphatic rings. The molecule has 2 aromatic heterocycles. The summed E-state index contributed by atoms with van der Waals surface area (Å²) in [5, 5.41) is 14.0. The van der Waals surface area contributed by atoms with Crippen molar-refractivity contribution in [3.05, 3.63) is 28.7 Å². The first kappa shape index (κ1) is 14.9. The molecule has 5 nitrogen and oxygen atoms in total. The van der Waals surface area contributed by atoms with Crippen molar-refractivity contribution >= 4 is 11.6 Å². The molecular weight excluding hydrogens is 324 g/mol. The summed E-state index contributed by atoms with van der Waals surface area (Å²) in [4.78, 5) is 0. The van der Waals surface area contributed by atoms with E-state index in [9.17, 15) is 0 Å². The largest absolute Gasteiger partial charge is 0.422 e. The van der Waals surface area contributed by atoms with Crippen LogP contribution >= 0.6 is 11.6 Å². The molecule has 0 aromatic carbocycles. The fraction of sp³-hybridized carbons (Fsp3) is 0.722. The van der Waals surface area contributed by atoms with Crippen LogP contribution in [-0.2, 0) is 5.41 Å². The minimum absolute atomic E-state index is 0.0913. The van der Waals surface area contributed by atoms with Crippen molar-refractivity contribution < 1.29 is 4.42 Å². The van der Waals surface area contributed by atoms with Gasteiger partial charge in [-0.1, -0.05) is 11.6 Å². The van der Waals surface area contributed by atoms with E-state index in [0.717, 1.165) is 29.3 Å². The summed E-state index contributed by atoms with van der Waals surface area (Å²) in [5.41, 5.74) is 0.974. The third kappa shape index (κ3) is 2.17. The molecule has 0 saturated heterocycles. The lowest BCUT2D eigenvalue weighted by atomic mass is 9.49. The molecule has 1 atom stereocenters. The quantitative estimate of drug-likeness (QED) is 0.831. The summed E-state index contributed by atoms with van der Waals surface area (Å²) >= 11 is 6.13. The molecule has 24 heavy (non-hydrogen) atoms. The van der Waals surface area contributed by atoms with Crippen LogP contribution in [0.1, 0.15) is 69.0 Å². The third-order valence-corrected chi connectivity index (χ3v) is 6.91. The second-order valence-electron chi connectivity index (χ2n) is 8.36. The van der Waals surface area contributed by atoms with Gasteiger partial charge in [0.2, 0.25) is 11.8 Å². The van der Waals surface area contributed by atoms with E-state index in [1.54, 1.807) is 0 Å². The molecule has 4 fully saturated rings. The Balaban J connectivity index is 1.45. The van der Waals surface area contributed by atoms with Crippen molar-refractivity contribution in [2.75, 3.05) is 0 Å². The normalized spacial score (nSPS) is 35.5. The maximum absolute atomic E-state index is 6.21. The molecule has 0 radical (unpaired) electrons. The summed E-state index contributed by atoms with van der Waals surface area (Å²) in [6.45, 7) is 3.93. The lowest BCUT2D eigenvalue weighted by molar-refractivity contribution is -0.0184. The summed E-state index contributed by atoms with van der Waals surface area (Å²) in [6.07, 6.45) is 9.80. The van der Waals surface area contributed by atoms with Crippen LogP contribution in [0.4, 0.5) is 0 Å². The number of hydrogen-bond acceptors (Lipinski definition) is 4. The highest BCUT2D eigenvalue weighted by atomic mass is 35.5. The zero-order chi connectivity index (χ0) is 16.5. The van der Waals surface area contributed by atoms with Gasteiger partial charge in [-0.2, -0.15) is 5.10 Å². The fourth-order valence-electron chi connectivity index (χ4n) is 5.76. The zero-order valence-electron chi connectivity index (χ0n) is 14.2. The average Bonchev–Trinajstić information content (AvgIpc) is 3.14. The SMILES string of the molecule is Cc1nn([C@H](C)c2nnc(C34CC5CC(CC(C5)C3)C4)o2)cc1Cl. The first-order chi connectivity index (χ1) is 11.5. The summed E-state index contributed by atoms with van der Waals surface area (Å²) in [5.74, 6) is 4.13. The first-order valence-corrected chi connectivity index (χ1v) is 9.45. The number of halogens is 1. The Morgan fingerprint density at radius 1 is 1.17 bits per heavy atom. The Morgan fingerprint density at radius 2 is 1.79 bits per heavy atom. The standard InChI is InChI=1S/C18H23ClN4O/c1-10-15(19)9-23(22-10)11(2)16-20-21-17(24-16)18-6-12-3-13(7-18)5-14(4-12)8-18/h9,11-14H,3-8H2,1-2H3/t11-,12?,13?,14?,18?/m1/s1. The van der Waals surface area contributed by atoms with Crippen LogP contribution in [-0.4, -0.2) is 20.0 Å². The minimum Gasteiger partial charge on any atom is -0.422 e. The van der Waals surface area contributed by atoms with Crippen molar-refractivity contribution in [3.63, 3.8) is 0 Å². The van der Waals surface area contributed by atoms with E-state index in [0.29, 0.717) is 10.9 Å². The van der Waals surface area contributed by atoms with E-state index in [2.05, 4.69) is 15.3 Å². The zero-order valence-corrected chi connectivity index (χ0v) is 15.0. The van der Waals surface area contributed by atoms with E-state index < -0.39 is 0 Å². The first-order valence-electron chi connectivity index (χ1n) is 9.07. The van der Waals surface area contributed by atoms with Crippen molar-refractivity contribution in [3.8, 4) is 0 Å². The number of hydrogen-bond donors (Lipinski definition) is 0. The molecule has 0 aliphatic heterocycles. The second-order valence-corrected chi connectivity index (χ2v) is 8.77. The summed E-state index contributed by atoms with van der Waals surface area (Å²) in [7, 11) is 0. The lowest BCUT2D eigenvalue weighted by Crippen LogP contribution is -2.48. The van der Waals surface area contributed by atoms with Crippen LogP contribution in [0.2, 0.25) is 5.02 Å². The van der Waals surface area contributed by atoms with Crippen molar-refractivity contribution in [1.29, 1.82) is 0 Å². The number of aromatic nitrogens is 4. The van der Waals surface area contributed by atoms with Gasteiger partial charge in [-0.25, -0.2) is 0 Å². The van der Waals surface area contributed by atoms with Crippen LogP contribution in [0.15, 0.2) is 10.6 Å². The predicted molar refractivity (Wildman–Crippen MR) is 89.9 cm³/mol. The monoisotopic (exact) mass is 346 g/mol. The van der Waals surface area contributed by atoms with E-state index in [-0.39, 0.29) is 11.5 Å². The molecule has 0 spiro atoms. The van der Waals surface area contributed by atoms with Crippen molar-refractivity contribution in [1.82, 2.24) is 20.0 Å². The highest BCUT2D eigenvalue weighted by molar-refractivity contribution is 6.31. The van der Waals surface area contributed by atoms with Gasteiger partial charge in [0, 0.05) is 11.6 Å². The highest BCUT2D eigenvalue weighted by Gasteiger charge is 2.54. The Kier molecular flexibility index (Phi) is 3.16. The van der Waals surface area contributed by atoms with E-state index in [1.807, 2.05) is 24.7 Å². The predicted octanol–water partition coefficient (Wildman–Crippen LogP) is 4.31. The van der Waals surface area contributed by atoms with Crippen LogP contribution in [0.5, 0.6) is 0 Å². The van der Waals surface area contributed by atoms with Crippen LogP contribution in [0.3, 0.4) is 0 Å². The van der Waals surface area contributed by atoms with Crippen molar-refractivity contribution in [2.24, 2.45) is 17.8 Å². The van der Waals surface area contributed by atoms with Crippen LogP contribution in [0.25, 0.3) is 0 Å². The molecule has 128 valence electrons. The molecule has 4 aliphatic carbocycles. The third-order valence-electron chi connectivity index (χ3n) is 6.54. The molecule has 0 N–H and O–H groups in total. The maximum Gasteiger partial charge on any atom is 0.240 e. The maximum atomic E-state index is 6.21. The fourth-order valence-corrected chi connectivity index (χ4v) is 5.90. The van der Waals surface area contributed by atoms with E-state index in [4.69, 9.17) is 16.0 Å². The van der Waals surface area contributed by atoms with Gasteiger partial charge < -0.3 is 4.42 Å². The van der Waals surface area contributed by atoms with E-state index >= 15 is 0 Å². The van der Waals surface area contributed by atoms with Crippen molar-refractivity contribution in [2.45, 2.75) is 63.8 Å². The lowest BCUT2D eigenvalue weighted by Gasteiger charge is -2.55. The van der Waals surface area contributed by atoms with Gasteiger partial charge >= 0.3 is 0 Å². The Morgan fingerprint density at radius 3 is 2.33 bits per heavy atom. The smallest absolute Gasteiger partial charge is 0.240 e. The van der Waals surface area contributed by atoms with Gasteiger partial charge in [0.1, 0.15) is 6.04 Å². The summed E-state index contributed by atoms with van der Waals surface area (Å²) in [6, 6.07) is -0.0913. The number of rotatable bonds is 3. The minimum atomic E-state index is -0.0913. The highest BCUT2D eigenvalue weighted by Crippen LogP contribution is 2.60. The van der Waals surface area contributed by atoms with Gasteiger partial charge in [0.05, 0.1) is 10.7 Å². The van der Waals surface area contributed by atoms with Gasteiger partial charge in [0.25, 0.3) is 0 Å². The molecule has 0 unspecified atom stereocenters. The molecule has 4 bridgehead atoms. The Bertz CT molecular complexity index is 725. The van der Waals surface area contributed by atoms with Gasteiger partial charge in [-0.05, 0) is 70.1 Å². The van der Waals surface area contributed by atoms with Crippen LogP contribution in [0, 0.1) is 24.7 Å². The van der Waals surface area contributed by atoms with E-state index in [1.165, 1.54) is 38.5 Å².